The first-order valence-corrected chi connectivity index (χ1v) is 51.0. The van der Waals surface area contributed by atoms with Gasteiger partial charge in [-0.3, -0.25) is 112 Å². The van der Waals surface area contributed by atoms with Crippen LogP contribution < -0.4 is 97.0 Å². The molecular formula is C95H149N29O26. The van der Waals surface area contributed by atoms with Gasteiger partial charge in [0.15, 0.2) is 11.9 Å². The van der Waals surface area contributed by atoms with Gasteiger partial charge >= 0.3 is 17.9 Å². The number of ether oxygens (including phenoxy) is 2. The summed E-state index contributed by atoms with van der Waals surface area (Å²) in [5.74, 6) is -20.0. The fourth-order valence-electron chi connectivity index (χ4n) is 17.5. The number of H-pyrrole nitrogens is 2. The Hall–Kier alpha value is -14.5. The van der Waals surface area contributed by atoms with E-state index in [0.717, 1.165) is 66.0 Å². The number of carboxylic acid groups (broad SMARTS) is 3. The average molecular weight is 2110 g/mol. The van der Waals surface area contributed by atoms with E-state index in [4.69, 9.17) is 37.5 Å². The Morgan fingerprint density at radius 2 is 1.13 bits per heavy atom. The summed E-state index contributed by atoms with van der Waals surface area (Å²) in [6.07, 6.45) is 13.2. The number of aliphatic imine (C=N–C) groups is 1. The molecule has 0 aliphatic carbocycles. The van der Waals surface area contributed by atoms with E-state index in [0.29, 0.717) is 41.5 Å². The number of nitrogens with one attached hydrogen (secondary N) is 19. The summed E-state index contributed by atoms with van der Waals surface area (Å²) >= 11 is 0. The molecule has 55 nitrogen and oxygen atoms in total. The molecule has 0 unspecified atom stereocenters. The summed E-state index contributed by atoms with van der Waals surface area (Å²) in [6, 6.07) is -12.0. The van der Waals surface area contributed by atoms with Crippen LogP contribution in [0.2, 0.25) is 0 Å². The Morgan fingerprint density at radius 3 is 1.77 bits per heavy atom. The number of carboxylic acids is 3. The number of nitrogens with zero attached hydrogens (tertiary/aromatic N) is 7. The fraction of sp³-hybridized carbons (Fsp3) is 0.653. The number of allylic oxidation sites excluding steroid dienone is 1. The van der Waals surface area contributed by atoms with Gasteiger partial charge in [-0.25, -0.2) is 5.10 Å². The molecule has 0 radical (unpaired) electrons. The molecule has 6 heterocycles. The van der Waals surface area contributed by atoms with E-state index in [1.165, 1.54) is 51.4 Å². The average Bonchev–Trinajstić information content (AvgIpc) is 1.64. The van der Waals surface area contributed by atoms with Crippen LogP contribution in [0.4, 0.5) is 0 Å². The van der Waals surface area contributed by atoms with Crippen LogP contribution in [0.5, 0.6) is 0 Å². The summed E-state index contributed by atoms with van der Waals surface area (Å²) in [7, 11) is 0. The zero-order chi connectivity index (χ0) is 109. The smallest absolute Gasteiger partial charge is 0.317 e. The molecular weight excluding hydrogens is 1960 g/mol. The number of rotatable bonds is 64. The zero-order valence-corrected chi connectivity index (χ0v) is 84.7. The Kier molecular flexibility index (Phi) is 54.5. The molecule has 3 saturated heterocycles. The van der Waals surface area contributed by atoms with Crippen molar-refractivity contribution in [2.75, 3.05) is 98.4 Å². The van der Waals surface area contributed by atoms with Crippen LogP contribution in [-0.2, 0) is 113 Å². The van der Waals surface area contributed by atoms with Crippen molar-refractivity contribution in [2.45, 2.75) is 297 Å². The number of unbranched alkanes of at least 4 members (excludes halogenated alkanes) is 14. The Morgan fingerprint density at radius 1 is 0.560 bits per heavy atom. The lowest BCUT2D eigenvalue weighted by atomic mass is 10.0. The van der Waals surface area contributed by atoms with Gasteiger partial charge in [0, 0.05) is 133 Å². The predicted molar refractivity (Wildman–Crippen MR) is 538 cm³/mol. The second-order valence-electron chi connectivity index (χ2n) is 37.4. The minimum atomic E-state index is -2.13. The quantitative estimate of drug-likeness (QED) is 0.0142. The third-order valence-electron chi connectivity index (χ3n) is 25.2. The molecule has 4 aliphatic heterocycles. The van der Waals surface area contributed by atoms with Gasteiger partial charge in [0.05, 0.1) is 58.1 Å². The van der Waals surface area contributed by atoms with Crippen LogP contribution in [-0.4, -0.2) is 373 Å². The van der Waals surface area contributed by atoms with Gasteiger partial charge in [-0.05, 0) is 112 Å². The molecule has 1 aromatic carbocycles. The summed E-state index contributed by atoms with van der Waals surface area (Å²) in [4.78, 5) is 274. The van der Waals surface area contributed by atoms with Crippen molar-refractivity contribution < 1.29 is 126 Å². The second-order valence-corrected chi connectivity index (χ2v) is 37.4. The number of hydrogen-bond acceptors (Lipinski definition) is 30. The first-order chi connectivity index (χ1) is 71.8. The summed E-state index contributed by atoms with van der Waals surface area (Å²) in [5, 5.41) is 120. The molecule has 30 N–H and O–H groups in total. The molecule has 830 valence electrons. The first kappa shape index (κ1) is 122. The molecule has 0 bridgehead atoms. The number of hydrogen-bond donors (Lipinski definition) is 27. The minimum absolute atomic E-state index is 0.00671. The lowest BCUT2D eigenvalue weighted by Gasteiger charge is -2.33. The lowest BCUT2D eigenvalue weighted by molar-refractivity contribution is -0.148. The van der Waals surface area contributed by atoms with Crippen molar-refractivity contribution >= 4 is 141 Å². The van der Waals surface area contributed by atoms with Gasteiger partial charge in [0.25, 0.3) is 0 Å². The molecule has 3 fully saturated rings. The van der Waals surface area contributed by atoms with Gasteiger partial charge in [-0.15, -0.1) is 5.10 Å². The van der Waals surface area contributed by atoms with E-state index in [1.807, 2.05) is 0 Å². The van der Waals surface area contributed by atoms with Crippen molar-refractivity contribution in [3.05, 3.63) is 53.6 Å². The Balaban J connectivity index is 1.01. The highest BCUT2D eigenvalue weighted by atomic mass is 16.5. The Bertz CT molecular complexity index is 5050. The number of carbonyl (C=O) groups is 19. The fourth-order valence-corrected chi connectivity index (χ4v) is 17.5. The van der Waals surface area contributed by atoms with Crippen LogP contribution in [0.15, 0.2) is 47.2 Å². The van der Waals surface area contributed by atoms with E-state index in [2.05, 4.69) is 110 Å². The summed E-state index contributed by atoms with van der Waals surface area (Å²) in [5.41, 5.74) is 18.3. The highest BCUT2D eigenvalue weighted by Gasteiger charge is 2.49. The van der Waals surface area contributed by atoms with Gasteiger partial charge in [0.2, 0.25) is 94.5 Å². The van der Waals surface area contributed by atoms with Gasteiger partial charge < -0.3 is 147 Å². The molecule has 2 aromatic heterocycles. The maximum absolute atomic E-state index is 15.7. The van der Waals surface area contributed by atoms with Gasteiger partial charge in [-0.1, -0.05) is 94.9 Å². The molecule has 4 aliphatic rings. The number of nitrogens with two attached hydrogens (primary N) is 3. The first-order valence-electron chi connectivity index (χ1n) is 51.0. The topological polar surface area (TPSA) is 842 Å². The number of aliphatic carboxylic acids is 3. The molecule has 7 rings (SSSR count). The van der Waals surface area contributed by atoms with Crippen LogP contribution in [0.1, 0.15) is 217 Å². The number of aromatic amines is 2. The number of carbonyl (C=O) groups excluding carboxylic acids is 16. The van der Waals surface area contributed by atoms with E-state index in [1.54, 1.807) is 42.8 Å². The minimum Gasteiger partial charge on any atom is -0.481 e. The van der Waals surface area contributed by atoms with Crippen LogP contribution in [0.3, 0.4) is 0 Å². The number of aliphatic hydroxyl groups excluding tert-OH is 2. The largest absolute Gasteiger partial charge is 0.481 e. The maximum atomic E-state index is 15.7. The number of aryl methyl sites for hydroxylation is 1. The second kappa shape index (κ2) is 66.8. The van der Waals surface area contributed by atoms with Crippen molar-refractivity contribution in [3.8, 4) is 0 Å². The highest BCUT2D eigenvalue weighted by Crippen LogP contribution is 2.29. The van der Waals surface area contributed by atoms with E-state index in [-0.39, 0.29) is 129 Å². The monoisotopic (exact) mass is 2110 g/mol. The number of primary amides is 1. The van der Waals surface area contributed by atoms with Crippen molar-refractivity contribution in [1.29, 1.82) is 10.8 Å². The maximum Gasteiger partial charge on any atom is 0.317 e. The lowest BCUT2D eigenvalue weighted by Crippen LogP contribution is -2.61. The number of aromatic nitrogens is 5. The van der Waals surface area contributed by atoms with E-state index < -0.39 is 275 Å². The number of tetrazole rings is 1. The van der Waals surface area contributed by atoms with Crippen LogP contribution in [0, 0.1) is 10.8 Å². The number of para-hydroxylation sites is 1. The number of β-amino-alcohol motifs (C(OH)–C–C–N with tert-alkyl or cyclic N) is 2. The summed E-state index contributed by atoms with van der Waals surface area (Å²) in [6.45, 7) is -3.23. The number of fused-ring (bicyclic) bond motifs is 1. The highest BCUT2D eigenvalue weighted by molar-refractivity contribution is 6.01. The van der Waals surface area contributed by atoms with Crippen molar-refractivity contribution in [3.63, 3.8) is 0 Å². The number of benzene rings is 1. The number of guanidine groups is 2. The van der Waals surface area contributed by atoms with Crippen molar-refractivity contribution in [2.24, 2.45) is 22.2 Å². The summed E-state index contributed by atoms with van der Waals surface area (Å²) < 4.78 is 11.0. The number of likely N-dealkylation sites (tertiary alicyclic amines) is 2. The molecule has 150 heavy (non-hydrogen) atoms. The molecule has 3 aromatic rings. The number of aliphatic hydroxyl groups is 2. The molecule has 0 spiro atoms. The normalized spacial score (nSPS) is 19.7. The standard InChI is InChI=1S/C95H149N29O26/c1-57(125)109-68-33-34-77(129)107-50-72(117-89(144)69(44-58-49-106-63-26-16-15-25-62(58)63)114-85(140)65(29-22-37-104-94(97)98)110-78(130)51-108-84(139)70(115-88(68)143)45-59-24-21-36-101-59)92(147)124-53-61(127)47-74(124)93(148)123-52-60(126)46-73(123)91(146)113-67(30-23-38-105-95(99)100)87(142)116-71(48-80(132)133)90(145)112-66(28-18-20-40-122(54-81(134)135)55-82(136)137)86(141)111-64(83(96)138)27-17-19-35-102-79(131)56-150-43-42-149-41-39-103-76(128)32-14-12-10-8-6-4-2-3-5-7-9-11-13-31-75-118-120-121-119-75/h15-16,24-26,36,49,60-61,64-74,106,126-127H,2-14,17-23,27-35,37-48,50-56H2,1H3,(H2,96,138)(H,102,131)(H,103,128)(H,107,129)(H,108,139)(H,109,125)(H,110,130)(H,111,141)(H,112,145)(H,113,146)(H,114,140)(H,115,143)(H,116,142)(H,117,144)(H,132,133)(H,134,135)(H,136,137)(H4,97,98,104)(H4,99,100,105)(H,118,119,120,121)/t60-,61-,64+,65+,66+,67+,68+,69+,70+,71+,72+,73+,74+/m1/s1. The van der Waals surface area contributed by atoms with Crippen molar-refractivity contribution in [1.82, 2.24) is 120 Å². The third-order valence-corrected chi connectivity index (χ3v) is 25.2. The van der Waals surface area contributed by atoms with Gasteiger partial charge in [-0.2, -0.15) is 0 Å². The molecule has 55 heteroatoms. The van der Waals surface area contributed by atoms with Crippen LogP contribution in [0.25, 0.3) is 10.9 Å². The number of amides is 16. The molecule has 0 saturated carbocycles. The third kappa shape index (κ3) is 46.5. The van der Waals surface area contributed by atoms with Gasteiger partial charge in [0.1, 0.15) is 78.9 Å². The SMILES string of the molecule is CC(=O)N[C@H]1CCC(=O)NC[C@@H](C(=O)N2C[C@H](O)C[C@H]2C(=O)N2C[C@H](O)C[C@H]2C(=O)N[C@@H](CCCNC(=N)N)C(=O)N[C@@H](CC(=O)O)C(=O)N[C@@H](CCCCN(CC(=O)O)CC(=O)O)C(=O)N[C@@H](CCCCNC(=O)COCCOCCNC(=O)CCCCCCCCCCCCCCCc2nnn[nH]2)C(N)=O)NC(=O)[C@H](Cc2c[nH]c3ccccc23)NC(=O)[C@H](CCCNC(=N)N)NC(=O)CNC(=O)[C@H](CC2=CCC=N2)NC1=O. The van der Waals surface area contributed by atoms with Crippen LogP contribution >= 0.6 is 0 Å². The predicted octanol–water partition coefficient (Wildman–Crippen LogP) is -5.43. The van der Waals surface area contributed by atoms with E-state index in [9.17, 15) is 97.5 Å². The molecule has 16 amide bonds. The Labute approximate surface area is 866 Å². The zero-order valence-electron chi connectivity index (χ0n) is 84.7. The van der Waals surface area contributed by atoms with E-state index >= 15 is 19.2 Å². The molecule has 13 atom stereocenters.